The quantitative estimate of drug-likeness (QED) is 0.875. The Morgan fingerprint density at radius 1 is 1.38 bits per heavy atom. The molecule has 1 N–H and O–H groups in total. The van der Waals surface area contributed by atoms with Gasteiger partial charge < -0.3 is 10.0 Å². The molecule has 1 heterocycles. The number of hydrogen-bond acceptors (Lipinski definition) is 2. The van der Waals surface area contributed by atoms with Crippen LogP contribution in [0.5, 0.6) is 0 Å². The zero-order valence-electron chi connectivity index (χ0n) is 11.7. The number of hydrogen-bond donors (Lipinski definition) is 1. The molecule has 0 atom stereocenters. The van der Waals surface area contributed by atoms with Gasteiger partial charge in [-0.3, -0.25) is 9.59 Å². The molecule has 2 rings (SSSR count). The van der Waals surface area contributed by atoms with Crippen LogP contribution in [-0.2, 0) is 4.79 Å². The molecule has 1 amide bonds. The van der Waals surface area contributed by atoms with Crippen LogP contribution in [0.25, 0.3) is 0 Å². The number of halogens is 2. The highest BCUT2D eigenvalue weighted by atomic mass is 79.9. The summed E-state index contributed by atoms with van der Waals surface area (Å²) in [4.78, 5) is 25.6. The predicted octanol–water partition coefficient (Wildman–Crippen LogP) is 3.82. The highest BCUT2D eigenvalue weighted by Gasteiger charge is 2.40. The van der Waals surface area contributed by atoms with Gasteiger partial charge in [0.15, 0.2) is 0 Å². The summed E-state index contributed by atoms with van der Waals surface area (Å²) in [5.41, 5.74) is -0.122. The predicted molar refractivity (Wildman–Crippen MR) is 84.6 cm³/mol. The van der Waals surface area contributed by atoms with Crippen molar-refractivity contribution < 1.29 is 14.7 Å². The summed E-state index contributed by atoms with van der Waals surface area (Å²) in [6.07, 6.45) is 1.59. The van der Waals surface area contributed by atoms with Crippen molar-refractivity contribution in [3.63, 3.8) is 0 Å². The molecule has 0 bridgehead atoms. The van der Waals surface area contributed by atoms with Crippen LogP contribution in [0.1, 0.15) is 36.5 Å². The van der Waals surface area contributed by atoms with Crippen LogP contribution < -0.4 is 0 Å². The van der Waals surface area contributed by atoms with Gasteiger partial charge in [0.2, 0.25) is 0 Å². The third kappa shape index (κ3) is 3.24. The Morgan fingerprint density at radius 2 is 2.00 bits per heavy atom. The number of carbonyl (C=O) groups is 2. The second-order valence-corrected chi connectivity index (χ2v) is 6.62. The van der Waals surface area contributed by atoms with E-state index in [-0.39, 0.29) is 5.91 Å². The SMILES string of the molecule is CCC1(C(=O)O)CCN(C(=O)c2ccc(Cl)c(Br)c2)CC1. The van der Waals surface area contributed by atoms with E-state index < -0.39 is 11.4 Å². The monoisotopic (exact) mass is 373 g/mol. The zero-order chi connectivity index (χ0) is 15.6. The molecule has 1 aliphatic rings. The van der Waals surface area contributed by atoms with Crippen LogP contribution in [-0.4, -0.2) is 35.0 Å². The van der Waals surface area contributed by atoms with Crippen molar-refractivity contribution in [3.05, 3.63) is 33.3 Å². The van der Waals surface area contributed by atoms with Crippen molar-refractivity contribution in [1.82, 2.24) is 4.90 Å². The largest absolute Gasteiger partial charge is 0.481 e. The Kier molecular flexibility index (Phi) is 4.94. The second kappa shape index (κ2) is 6.36. The average molecular weight is 375 g/mol. The second-order valence-electron chi connectivity index (χ2n) is 5.36. The highest BCUT2D eigenvalue weighted by molar-refractivity contribution is 9.10. The van der Waals surface area contributed by atoms with Gasteiger partial charge in [0.05, 0.1) is 10.4 Å². The van der Waals surface area contributed by atoms with E-state index in [4.69, 9.17) is 11.6 Å². The molecule has 1 aromatic carbocycles. The average Bonchev–Trinajstić information content (AvgIpc) is 2.49. The molecule has 0 unspecified atom stereocenters. The number of rotatable bonds is 3. The lowest BCUT2D eigenvalue weighted by Crippen LogP contribution is -2.46. The molecule has 114 valence electrons. The van der Waals surface area contributed by atoms with Gasteiger partial charge >= 0.3 is 5.97 Å². The summed E-state index contributed by atoms with van der Waals surface area (Å²) in [5.74, 6) is -0.839. The molecule has 0 aromatic heterocycles. The Bertz CT molecular complexity index is 568. The number of nitrogens with zero attached hydrogens (tertiary/aromatic N) is 1. The van der Waals surface area contributed by atoms with Gasteiger partial charge in [-0.1, -0.05) is 18.5 Å². The maximum absolute atomic E-state index is 12.4. The summed E-state index contributed by atoms with van der Waals surface area (Å²) >= 11 is 9.23. The first-order valence-electron chi connectivity index (χ1n) is 6.87. The van der Waals surface area contributed by atoms with Gasteiger partial charge in [0.1, 0.15) is 0 Å². The molecule has 6 heteroatoms. The van der Waals surface area contributed by atoms with E-state index in [9.17, 15) is 14.7 Å². The van der Waals surface area contributed by atoms with Gasteiger partial charge in [-0.2, -0.15) is 0 Å². The number of carboxylic acids is 1. The van der Waals surface area contributed by atoms with Crippen molar-refractivity contribution >= 4 is 39.4 Å². The fourth-order valence-electron chi connectivity index (χ4n) is 2.67. The minimum atomic E-state index is -0.758. The van der Waals surface area contributed by atoms with E-state index in [0.29, 0.717) is 47.4 Å². The summed E-state index contributed by atoms with van der Waals surface area (Å²) in [6.45, 7) is 2.83. The maximum atomic E-state index is 12.4. The topological polar surface area (TPSA) is 57.6 Å². The normalized spacial score (nSPS) is 17.6. The Morgan fingerprint density at radius 3 is 2.48 bits per heavy atom. The van der Waals surface area contributed by atoms with Crippen LogP contribution in [0, 0.1) is 5.41 Å². The van der Waals surface area contributed by atoms with E-state index in [1.54, 1.807) is 23.1 Å². The number of benzene rings is 1. The number of carboxylic acid groups (broad SMARTS) is 1. The van der Waals surface area contributed by atoms with Crippen LogP contribution in [0.15, 0.2) is 22.7 Å². The molecular formula is C15H17BrClNO3. The summed E-state index contributed by atoms with van der Waals surface area (Å²) in [6, 6.07) is 5.06. The van der Waals surface area contributed by atoms with Crippen molar-refractivity contribution in [3.8, 4) is 0 Å². The van der Waals surface area contributed by atoms with Gasteiger partial charge in [-0.15, -0.1) is 0 Å². The molecule has 21 heavy (non-hydrogen) atoms. The summed E-state index contributed by atoms with van der Waals surface area (Å²) in [5, 5.41) is 9.93. The van der Waals surface area contributed by atoms with Gasteiger partial charge in [-0.05, 0) is 53.4 Å². The molecule has 1 fully saturated rings. The first-order chi connectivity index (χ1) is 9.89. The number of carbonyl (C=O) groups excluding carboxylic acids is 1. The molecule has 1 saturated heterocycles. The van der Waals surface area contributed by atoms with E-state index in [2.05, 4.69) is 15.9 Å². The molecular weight excluding hydrogens is 358 g/mol. The Labute approximate surface area is 137 Å². The minimum absolute atomic E-state index is 0.0811. The number of amides is 1. The highest BCUT2D eigenvalue weighted by Crippen LogP contribution is 2.35. The third-order valence-electron chi connectivity index (χ3n) is 4.30. The van der Waals surface area contributed by atoms with Crippen LogP contribution >= 0.6 is 27.5 Å². The van der Waals surface area contributed by atoms with Crippen molar-refractivity contribution in [1.29, 1.82) is 0 Å². The minimum Gasteiger partial charge on any atom is -0.481 e. The van der Waals surface area contributed by atoms with E-state index >= 15 is 0 Å². The first kappa shape index (κ1) is 16.3. The lowest BCUT2D eigenvalue weighted by atomic mass is 9.76. The van der Waals surface area contributed by atoms with Crippen LogP contribution in [0.3, 0.4) is 0 Å². The van der Waals surface area contributed by atoms with Crippen molar-refractivity contribution in [2.75, 3.05) is 13.1 Å². The molecule has 0 radical (unpaired) electrons. The van der Waals surface area contributed by atoms with Gasteiger partial charge in [0, 0.05) is 23.1 Å². The standard InChI is InChI=1S/C15H17BrClNO3/c1-2-15(14(20)21)5-7-18(8-6-15)13(19)10-3-4-12(17)11(16)9-10/h3-4,9H,2,5-8H2,1H3,(H,20,21). The van der Waals surface area contributed by atoms with Crippen LogP contribution in [0.2, 0.25) is 5.02 Å². The van der Waals surface area contributed by atoms with Crippen molar-refractivity contribution in [2.45, 2.75) is 26.2 Å². The molecule has 4 nitrogen and oxygen atoms in total. The Balaban J connectivity index is 2.09. The fourth-order valence-corrected chi connectivity index (χ4v) is 3.16. The number of piperidine rings is 1. The molecule has 1 aromatic rings. The smallest absolute Gasteiger partial charge is 0.309 e. The first-order valence-corrected chi connectivity index (χ1v) is 8.04. The molecule has 0 spiro atoms. The molecule has 1 aliphatic heterocycles. The summed E-state index contributed by atoms with van der Waals surface area (Å²) in [7, 11) is 0. The van der Waals surface area contributed by atoms with Crippen molar-refractivity contribution in [2.24, 2.45) is 5.41 Å². The lowest BCUT2D eigenvalue weighted by molar-refractivity contribution is -0.152. The van der Waals surface area contributed by atoms with Crippen LogP contribution in [0.4, 0.5) is 0 Å². The number of aliphatic carboxylic acids is 1. The summed E-state index contributed by atoms with van der Waals surface area (Å²) < 4.78 is 0.681. The van der Waals surface area contributed by atoms with Gasteiger partial charge in [-0.25, -0.2) is 0 Å². The van der Waals surface area contributed by atoms with E-state index in [0.717, 1.165) is 0 Å². The maximum Gasteiger partial charge on any atom is 0.309 e. The lowest BCUT2D eigenvalue weighted by Gasteiger charge is -2.38. The fraction of sp³-hybridized carbons (Fsp3) is 0.467. The zero-order valence-corrected chi connectivity index (χ0v) is 14.1. The van der Waals surface area contributed by atoms with E-state index in [1.807, 2.05) is 6.92 Å². The Hall–Kier alpha value is -1.07. The van der Waals surface area contributed by atoms with Gasteiger partial charge in [0.25, 0.3) is 5.91 Å². The number of likely N-dealkylation sites (tertiary alicyclic amines) is 1. The molecule has 0 saturated carbocycles. The molecule has 0 aliphatic carbocycles. The third-order valence-corrected chi connectivity index (χ3v) is 5.52. The van der Waals surface area contributed by atoms with E-state index in [1.165, 1.54) is 0 Å².